The molecule has 1 unspecified atom stereocenters. The lowest BCUT2D eigenvalue weighted by molar-refractivity contribution is -0.129. The second-order valence-corrected chi connectivity index (χ2v) is 2.99. The Kier molecular flexibility index (Phi) is 2.33. The number of nitrogens with zero attached hydrogens (tertiary/aromatic N) is 1. The highest BCUT2D eigenvalue weighted by Gasteiger charge is 2.18. The third kappa shape index (κ3) is 1.51. The minimum Gasteiger partial charge on any atom is -0.334 e. The number of halogens is 1. The fourth-order valence-electron chi connectivity index (χ4n) is 0.910. The molecule has 0 aromatic rings. The van der Waals surface area contributed by atoms with E-state index in [1.54, 1.807) is 11.8 Å². The van der Waals surface area contributed by atoms with Crippen molar-refractivity contribution in [3.05, 3.63) is 12.2 Å². The monoisotopic (exact) mass is 159 g/mol. The van der Waals surface area contributed by atoms with E-state index in [0.717, 1.165) is 13.1 Å². The Morgan fingerprint density at radius 1 is 1.60 bits per heavy atom. The van der Waals surface area contributed by atoms with Gasteiger partial charge < -0.3 is 4.90 Å². The molecule has 0 radical (unpaired) electrons. The molecule has 10 heavy (non-hydrogen) atoms. The van der Waals surface area contributed by atoms with E-state index >= 15 is 0 Å². The Hall–Kier alpha value is -0.500. The summed E-state index contributed by atoms with van der Waals surface area (Å²) in [6, 6.07) is 0. The van der Waals surface area contributed by atoms with Crippen molar-refractivity contribution in [3.8, 4) is 0 Å². The Morgan fingerprint density at radius 2 is 2.10 bits per heavy atom. The van der Waals surface area contributed by atoms with Crippen LogP contribution in [0.25, 0.3) is 0 Å². The minimum absolute atomic E-state index is 0.0201. The fourth-order valence-corrected chi connectivity index (χ4v) is 1.05. The Bertz CT molecular complexity index is 157. The Labute approximate surface area is 65.5 Å². The summed E-state index contributed by atoms with van der Waals surface area (Å²) in [7, 11) is 0. The molecule has 2 nitrogen and oxygen atoms in total. The Morgan fingerprint density at radius 3 is 2.50 bits per heavy atom. The van der Waals surface area contributed by atoms with Gasteiger partial charge in [0, 0.05) is 13.1 Å². The van der Waals surface area contributed by atoms with Crippen LogP contribution in [0.15, 0.2) is 12.2 Å². The van der Waals surface area contributed by atoms with Crippen LogP contribution in [-0.2, 0) is 4.79 Å². The number of hydrogen-bond donors (Lipinski definition) is 0. The second-order valence-electron chi connectivity index (χ2n) is 2.33. The first-order valence-corrected chi connectivity index (χ1v) is 3.73. The summed E-state index contributed by atoms with van der Waals surface area (Å²) in [5.41, 5.74) is 0. The van der Waals surface area contributed by atoms with Crippen LogP contribution in [0.4, 0.5) is 0 Å². The van der Waals surface area contributed by atoms with Gasteiger partial charge in [-0.1, -0.05) is 12.2 Å². The molecule has 1 aliphatic heterocycles. The van der Waals surface area contributed by atoms with Gasteiger partial charge in [0.25, 0.3) is 0 Å². The van der Waals surface area contributed by atoms with Gasteiger partial charge in [-0.05, 0) is 6.92 Å². The summed E-state index contributed by atoms with van der Waals surface area (Å²) >= 11 is 5.59. The highest BCUT2D eigenvalue weighted by Crippen LogP contribution is 2.05. The van der Waals surface area contributed by atoms with Gasteiger partial charge in [-0.25, -0.2) is 0 Å². The number of rotatable bonds is 1. The quantitative estimate of drug-likeness (QED) is 0.413. The summed E-state index contributed by atoms with van der Waals surface area (Å²) in [4.78, 5) is 12.8. The number of alkyl halides is 1. The third-order valence-corrected chi connectivity index (χ3v) is 1.66. The standard InChI is InChI=1S/C7H10ClNO/c1-6(8)7(10)9-4-2-3-5-9/h2-3,6H,4-5H2,1H3. The van der Waals surface area contributed by atoms with E-state index in [-0.39, 0.29) is 11.3 Å². The van der Waals surface area contributed by atoms with Crippen molar-refractivity contribution in [1.29, 1.82) is 0 Å². The van der Waals surface area contributed by atoms with Crippen LogP contribution in [0.3, 0.4) is 0 Å². The zero-order chi connectivity index (χ0) is 7.56. The average molecular weight is 160 g/mol. The van der Waals surface area contributed by atoms with E-state index in [4.69, 9.17) is 11.6 Å². The molecule has 0 bridgehead atoms. The molecule has 0 saturated carbocycles. The largest absolute Gasteiger partial charge is 0.334 e. The van der Waals surface area contributed by atoms with Crippen LogP contribution in [0.2, 0.25) is 0 Å². The van der Waals surface area contributed by atoms with Crippen LogP contribution >= 0.6 is 11.6 Å². The van der Waals surface area contributed by atoms with Crippen molar-refractivity contribution in [1.82, 2.24) is 4.90 Å². The predicted octanol–water partition coefficient (Wildman–Crippen LogP) is 1.01. The number of amides is 1. The van der Waals surface area contributed by atoms with Crippen LogP contribution in [-0.4, -0.2) is 29.3 Å². The molecule has 1 atom stereocenters. The Balaban J connectivity index is 2.43. The molecule has 0 saturated heterocycles. The molecular formula is C7H10ClNO. The van der Waals surface area contributed by atoms with Crippen LogP contribution in [0, 0.1) is 0 Å². The molecular weight excluding hydrogens is 150 g/mol. The molecule has 1 aliphatic rings. The maximum Gasteiger partial charge on any atom is 0.240 e. The maximum absolute atomic E-state index is 11.1. The van der Waals surface area contributed by atoms with Gasteiger partial charge >= 0.3 is 0 Å². The molecule has 0 aliphatic carbocycles. The topological polar surface area (TPSA) is 20.3 Å². The van der Waals surface area contributed by atoms with E-state index in [2.05, 4.69) is 0 Å². The predicted molar refractivity (Wildman–Crippen MR) is 41.0 cm³/mol. The molecule has 1 heterocycles. The summed E-state index contributed by atoms with van der Waals surface area (Å²) in [6.45, 7) is 3.13. The first-order valence-electron chi connectivity index (χ1n) is 3.29. The molecule has 1 amide bonds. The van der Waals surface area contributed by atoms with Crippen molar-refractivity contribution < 1.29 is 4.79 Å². The van der Waals surface area contributed by atoms with Crippen molar-refractivity contribution in [2.45, 2.75) is 12.3 Å². The third-order valence-electron chi connectivity index (χ3n) is 1.47. The summed E-state index contributed by atoms with van der Waals surface area (Å²) in [5.74, 6) is 0.0201. The minimum atomic E-state index is -0.389. The van der Waals surface area contributed by atoms with Gasteiger partial charge in [0.05, 0.1) is 0 Å². The molecule has 3 heteroatoms. The second kappa shape index (κ2) is 3.06. The molecule has 0 spiro atoms. The van der Waals surface area contributed by atoms with E-state index in [1.807, 2.05) is 12.2 Å². The average Bonchev–Trinajstić information content (AvgIpc) is 2.36. The lowest BCUT2D eigenvalue weighted by atomic mass is 10.4. The molecule has 0 aromatic carbocycles. The van der Waals surface area contributed by atoms with Gasteiger partial charge in [-0.15, -0.1) is 11.6 Å². The smallest absolute Gasteiger partial charge is 0.240 e. The molecule has 1 rings (SSSR count). The summed E-state index contributed by atoms with van der Waals surface area (Å²) < 4.78 is 0. The lowest BCUT2D eigenvalue weighted by Crippen LogP contribution is -2.33. The zero-order valence-electron chi connectivity index (χ0n) is 5.88. The van der Waals surface area contributed by atoms with Crippen molar-refractivity contribution in [2.24, 2.45) is 0 Å². The van der Waals surface area contributed by atoms with E-state index in [1.165, 1.54) is 0 Å². The van der Waals surface area contributed by atoms with E-state index < -0.39 is 0 Å². The first-order chi connectivity index (χ1) is 4.72. The first kappa shape index (κ1) is 7.61. The zero-order valence-corrected chi connectivity index (χ0v) is 6.64. The van der Waals surface area contributed by atoms with Crippen LogP contribution in [0.1, 0.15) is 6.92 Å². The molecule has 56 valence electrons. The fraction of sp³-hybridized carbons (Fsp3) is 0.571. The molecule has 0 N–H and O–H groups in total. The SMILES string of the molecule is CC(Cl)C(=O)N1CC=CC1. The number of hydrogen-bond acceptors (Lipinski definition) is 1. The van der Waals surface area contributed by atoms with E-state index in [9.17, 15) is 4.79 Å². The molecule has 0 fully saturated rings. The van der Waals surface area contributed by atoms with Gasteiger partial charge in [0.2, 0.25) is 5.91 Å². The summed E-state index contributed by atoms with van der Waals surface area (Å²) in [6.07, 6.45) is 3.94. The highest BCUT2D eigenvalue weighted by molar-refractivity contribution is 6.30. The normalized spacial score (nSPS) is 19.6. The van der Waals surface area contributed by atoms with Crippen LogP contribution < -0.4 is 0 Å². The van der Waals surface area contributed by atoms with Crippen molar-refractivity contribution in [3.63, 3.8) is 0 Å². The number of carbonyl (C=O) groups excluding carboxylic acids is 1. The van der Waals surface area contributed by atoms with Gasteiger partial charge in [0.15, 0.2) is 0 Å². The van der Waals surface area contributed by atoms with Gasteiger partial charge in [0.1, 0.15) is 5.38 Å². The highest BCUT2D eigenvalue weighted by atomic mass is 35.5. The van der Waals surface area contributed by atoms with E-state index in [0.29, 0.717) is 0 Å². The maximum atomic E-state index is 11.1. The summed E-state index contributed by atoms with van der Waals surface area (Å²) in [5, 5.41) is -0.389. The molecule has 0 aromatic heterocycles. The van der Waals surface area contributed by atoms with Crippen molar-refractivity contribution in [2.75, 3.05) is 13.1 Å². The van der Waals surface area contributed by atoms with Crippen molar-refractivity contribution >= 4 is 17.5 Å². The van der Waals surface area contributed by atoms with Crippen LogP contribution in [0.5, 0.6) is 0 Å². The van der Waals surface area contributed by atoms with Gasteiger partial charge in [-0.3, -0.25) is 4.79 Å². The van der Waals surface area contributed by atoms with Gasteiger partial charge in [-0.2, -0.15) is 0 Å². The lowest BCUT2D eigenvalue weighted by Gasteiger charge is -2.15. The number of carbonyl (C=O) groups is 1.